The third-order valence-corrected chi connectivity index (χ3v) is 5.89. The Balaban J connectivity index is 1.71. The first-order chi connectivity index (χ1) is 15.0. The first kappa shape index (κ1) is 21.1. The highest BCUT2D eigenvalue weighted by Gasteiger charge is 2.36. The molecule has 1 aliphatic heterocycles. The Kier molecular flexibility index (Phi) is 6.08. The monoisotopic (exact) mass is 438 g/mol. The Morgan fingerprint density at radius 1 is 1.23 bits per heavy atom. The van der Waals surface area contributed by atoms with Crippen LogP contribution in [0.25, 0.3) is 0 Å². The van der Waals surface area contributed by atoms with Gasteiger partial charge in [0.25, 0.3) is 0 Å². The first-order valence-electron chi connectivity index (χ1n) is 10.0. The summed E-state index contributed by atoms with van der Waals surface area (Å²) in [5, 5.41) is 8.29. The number of rotatable bonds is 6. The van der Waals surface area contributed by atoms with E-state index in [0.717, 1.165) is 5.56 Å². The Labute approximate surface area is 184 Å². The normalized spacial score (nSPS) is 15.4. The standard InChI is InChI=1S/C23H23FN4O2S/c1-4-30-21(29)19-15(3)25-22-26-23(31-13-16-9-7-8-14(2)12-16)27-28(22)20(19)17-10-5-6-11-18(17)24/h5-12,20H,4,13H2,1-3H3,(H,25,26,27). The molecule has 0 fully saturated rings. The number of thioether (sulfide) groups is 1. The number of halogens is 1. The third-order valence-electron chi connectivity index (χ3n) is 4.98. The van der Waals surface area contributed by atoms with Gasteiger partial charge in [-0.2, -0.15) is 4.98 Å². The number of carbonyl (C=O) groups excluding carboxylic acids is 1. The van der Waals surface area contributed by atoms with Crippen molar-refractivity contribution >= 4 is 23.7 Å². The zero-order chi connectivity index (χ0) is 22.0. The Bertz CT molecular complexity index is 1160. The fourth-order valence-electron chi connectivity index (χ4n) is 3.60. The number of esters is 1. The molecule has 2 aromatic carbocycles. The molecule has 31 heavy (non-hydrogen) atoms. The number of benzene rings is 2. The maximum absolute atomic E-state index is 14.8. The van der Waals surface area contributed by atoms with Gasteiger partial charge in [-0.1, -0.05) is 59.8 Å². The van der Waals surface area contributed by atoms with Gasteiger partial charge in [0, 0.05) is 17.0 Å². The van der Waals surface area contributed by atoms with Crippen molar-refractivity contribution in [3.8, 4) is 0 Å². The number of allylic oxidation sites excluding steroid dienone is 1. The Morgan fingerprint density at radius 3 is 2.77 bits per heavy atom. The fourth-order valence-corrected chi connectivity index (χ4v) is 4.37. The van der Waals surface area contributed by atoms with Crippen LogP contribution in [0.2, 0.25) is 0 Å². The van der Waals surface area contributed by atoms with Crippen LogP contribution in [0, 0.1) is 12.7 Å². The van der Waals surface area contributed by atoms with E-state index >= 15 is 0 Å². The minimum atomic E-state index is -0.766. The molecular formula is C23H23FN4O2S. The predicted molar refractivity (Wildman–Crippen MR) is 118 cm³/mol. The molecule has 160 valence electrons. The maximum atomic E-state index is 14.8. The van der Waals surface area contributed by atoms with E-state index < -0.39 is 17.8 Å². The molecule has 1 aliphatic rings. The second-order valence-electron chi connectivity index (χ2n) is 7.25. The number of carbonyl (C=O) groups is 1. The van der Waals surface area contributed by atoms with Crippen LogP contribution < -0.4 is 5.32 Å². The van der Waals surface area contributed by atoms with Crippen LogP contribution in [-0.2, 0) is 15.3 Å². The molecule has 0 radical (unpaired) electrons. The van der Waals surface area contributed by atoms with Gasteiger partial charge in [0.1, 0.15) is 11.9 Å². The van der Waals surface area contributed by atoms with E-state index in [2.05, 4.69) is 40.5 Å². The van der Waals surface area contributed by atoms with E-state index in [0.29, 0.717) is 33.7 Å². The number of nitrogens with zero attached hydrogens (tertiary/aromatic N) is 3. The smallest absolute Gasteiger partial charge is 0.338 e. The molecule has 0 saturated carbocycles. The van der Waals surface area contributed by atoms with Crippen molar-refractivity contribution in [1.82, 2.24) is 14.8 Å². The molecule has 1 unspecified atom stereocenters. The Morgan fingerprint density at radius 2 is 2.03 bits per heavy atom. The van der Waals surface area contributed by atoms with Crippen LogP contribution in [0.5, 0.6) is 0 Å². The Hall–Kier alpha value is -3.13. The fraction of sp³-hybridized carbons (Fsp3) is 0.261. The molecule has 4 rings (SSSR count). The van der Waals surface area contributed by atoms with Crippen LogP contribution in [0.15, 0.2) is 65.0 Å². The summed E-state index contributed by atoms with van der Waals surface area (Å²) >= 11 is 1.49. The van der Waals surface area contributed by atoms with Gasteiger partial charge < -0.3 is 10.1 Å². The molecule has 1 N–H and O–H groups in total. The second-order valence-corrected chi connectivity index (χ2v) is 8.19. The van der Waals surface area contributed by atoms with E-state index in [4.69, 9.17) is 4.74 Å². The largest absolute Gasteiger partial charge is 0.463 e. The molecule has 8 heteroatoms. The summed E-state index contributed by atoms with van der Waals surface area (Å²) in [5.74, 6) is 0.243. The van der Waals surface area contributed by atoms with Crippen molar-refractivity contribution in [2.45, 2.75) is 37.7 Å². The molecule has 0 saturated heterocycles. The lowest BCUT2D eigenvalue weighted by atomic mass is 9.95. The van der Waals surface area contributed by atoms with Crippen LogP contribution in [0.3, 0.4) is 0 Å². The second kappa shape index (κ2) is 8.93. The van der Waals surface area contributed by atoms with Crippen molar-refractivity contribution < 1.29 is 13.9 Å². The number of ether oxygens (including phenoxy) is 1. The average molecular weight is 439 g/mol. The van der Waals surface area contributed by atoms with E-state index in [9.17, 15) is 9.18 Å². The molecule has 0 aliphatic carbocycles. The maximum Gasteiger partial charge on any atom is 0.338 e. The van der Waals surface area contributed by atoms with Crippen LogP contribution >= 0.6 is 11.8 Å². The summed E-state index contributed by atoms with van der Waals surface area (Å²) in [7, 11) is 0. The SMILES string of the molecule is CCOC(=O)C1=C(C)Nc2nc(SCc3cccc(C)c3)nn2C1c1ccccc1F. The van der Waals surface area contributed by atoms with E-state index in [-0.39, 0.29) is 6.61 Å². The summed E-state index contributed by atoms with van der Waals surface area (Å²) in [4.78, 5) is 17.3. The molecule has 2 heterocycles. The van der Waals surface area contributed by atoms with Crippen LogP contribution in [0.1, 0.15) is 36.6 Å². The summed E-state index contributed by atoms with van der Waals surface area (Å²) < 4.78 is 21.6. The lowest BCUT2D eigenvalue weighted by molar-refractivity contribution is -0.139. The zero-order valence-corrected chi connectivity index (χ0v) is 18.4. The van der Waals surface area contributed by atoms with Crippen molar-refractivity contribution in [3.63, 3.8) is 0 Å². The predicted octanol–water partition coefficient (Wildman–Crippen LogP) is 4.87. The number of anilines is 1. The molecule has 1 aromatic heterocycles. The average Bonchev–Trinajstić information content (AvgIpc) is 3.14. The van der Waals surface area contributed by atoms with Gasteiger partial charge in [-0.25, -0.2) is 13.9 Å². The minimum Gasteiger partial charge on any atom is -0.463 e. The van der Waals surface area contributed by atoms with Crippen LogP contribution in [0.4, 0.5) is 10.3 Å². The van der Waals surface area contributed by atoms with E-state index in [1.54, 1.807) is 36.7 Å². The summed E-state index contributed by atoms with van der Waals surface area (Å²) in [6, 6.07) is 13.9. The molecular weight excluding hydrogens is 415 g/mol. The number of aryl methyl sites for hydroxylation is 1. The van der Waals surface area contributed by atoms with Gasteiger partial charge in [-0.05, 0) is 32.4 Å². The lowest BCUT2D eigenvalue weighted by Gasteiger charge is -2.28. The minimum absolute atomic E-state index is 0.224. The van der Waals surface area contributed by atoms with Crippen molar-refractivity contribution in [2.75, 3.05) is 11.9 Å². The summed E-state index contributed by atoms with van der Waals surface area (Å²) in [6.45, 7) is 5.78. The number of fused-ring (bicyclic) bond motifs is 1. The molecule has 0 bridgehead atoms. The first-order valence-corrected chi connectivity index (χ1v) is 11.0. The molecule has 3 aromatic rings. The number of nitrogens with one attached hydrogen (secondary N) is 1. The lowest BCUT2D eigenvalue weighted by Crippen LogP contribution is -2.30. The van der Waals surface area contributed by atoms with Gasteiger partial charge >= 0.3 is 5.97 Å². The van der Waals surface area contributed by atoms with E-state index in [1.807, 2.05) is 6.07 Å². The van der Waals surface area contributed by atoms with Crippen molar-refractivity contribution in [2.24, 2.45) is 0 Å². The summed E-state index contributed by atoms with van der Waals surface area (Å²) in [6.07, 6.45) is 0. The third kappa shape index (κ3) is 4.34. The van der Waals surface area contributed by atoms with Gasteiger partial charge in [-0.3, -0.25) is 0 Å². The summed E-state index contributed by atoms with van der Waals surface area (Å²) in [5.41, 5.74) is 3.59. The number of hydrogen-bond acceptors (Lipinski definition) is 6. The van der Waals surface area contributed by atoms with Crippen molar-refractivity contribution in [3.05, 3.63) is 82.3 Å². The van der Waals surface area contributed by atoms with Gasteiger partial charge in [0.15, 0.2) is 0 Å². The highest BCUT2D eigenvalue weighted by Crippen LogP contribution is 2.37. The van der Waals surface area contributed by atoms with Crippen molar-refractivity contribution in [1.29, 1.82) is 0 Å². The molecule has 1 atom stereocenters. The molecule has 6 nitrogen and oxygen atoms in total. The van der Waals surface area contributed by atoms with Gasteiger partial charge in [-0.15, -0.1) is 5.10 Å². The van der Waals surface area contributed by atoms with Crippen LogP contribution in [-0.4, -0.2) is 27.3 Å². The topological polar surface area (TPSA) is 69.0 Å². The quantitative estimate of drug-likeness (QED) is 0.437. The van der Waals surface area contributed by atoms with Gasteiger partial charge in [0.05, 0.1) is 12.2 Å². The molecule has 0 spiro atoms. The highest BCUT2D eigenvalue weighted by molar-refractivity contribution is 7.98. The zero-order valence-electron chi connectivity index (χ0n) is 17.6. The van der Waals surface area contributed by atoms with Gasteiger partial charge in [0.2, 0.25) is 11.1 Å². The highest BCUT2D eigenvalue weighted by atomic mass is 32.2. The van der Waals surface area contributed by atoms with E-state index in [1.165, 1.54) is 23.4 Å². The number of hydrogen-bond donors (Lipinski definition) is 1. The number of aromatic nitrogens is 3. The molecule has 0 amide bonds.